The summed E-state index contributed by atoms with van der Waals surface area (Å²) in [5.74, 6) is -0.413. The zero-order valence-electron chi connectivity index (χ0n) is 18.4. The summed E-state index contributed by atoms with van der Waals surface area (Å²) < 4.78 is 0. The molecule has 2 aliphatic rings. The van der Waals surface area contributed by atoms with Gasteiger partial charge >= 0.3 is 5.97 Å². The van der Waals surface area contributed by atoms with Gasteiger partial charge in [-0.3, -0.25) is 24.9 Å². The molecule has 1 aromatic rings. The number of aliphatic imine (C=N–C) groups is 1. The molecule has 188 valence electrons. The maximum atomic E-state index is 12.8. The normalized spacial score (nSPS) is 19.0. The minimum absolute atomic E-state index is 0.00210. The SMILES string of the molecule is N=C(N)SCc1ccccc1SC1=C(C(=O)O)N2C(=O)[C@@H](NC(=O)CSCCN=C(N)N)[C@H]2SC1. The van der Waals surface area contributed by atoms with Gasteiger partial charge < -0.3 is 27.6 Å². The molecule has 15 heteroatoms. The number of amidine groups is 1. The predicted octanol–water partition coefficient (Wildman–Crippen LogP) is 0.608. The minimum atomic E-state index is -1.19. The van der Waals surface area contributed by atoms with Crippen molar-refractivity contribution in [2.24, 2.45) is 22.2 Å². The molecule has 0 aromatic heterocycles. The van der Waals surface area contributed by atoms with Crippen LogP contribution in [0.15, 0.2) is 44.8 Å². The van der Waals surface area contributed by atoms with E-state index in [1.54, 1.807) is 0 Å². The number of nitrogens with two attached hydrogens (primary N) is 3. The summed E-state index contributed by atoms with van der Waals surface area (Å²) in [5.41, 5.74) is 16.8. The number of nitrogens with zero attached hydrogens (tertiary/aromatic N) is 2. The number of carboxylic acid groups (broad SMARTS) is 1. The van der Waals surface area contributed by atoms with E-state index in [0.717, 1.165) is 10.5 Å². The highest BCUT2D eigenvalue weighted by atomic mass is 32.2. The van der Waals surface area contributed by atoms with Gasteiger partial charge in [-0.05, 0) is 11.6 Å². The van der Waals surface area contributed by atoms with E-state index in [1.807, 2.05) is 24.3 Å². The Kier molecular flexibility index (Phi) is 9.65. The number of amides is 2. The van der Waals surface area contributed by atoms with Crippen molar-refractivity contribution < 1.29 is 19.5 Å². The van der Waals surface area contributed by atoms with Gasteiger partial charge in [-0.25, -0.2) is 4.79 Å². The van der Waals surface area contributed by atoms with Crippen molar-refractivity contribution in [3.05, 3.63) is 40.4 Å². The van der Waals surface area contributed by atoms with Crippen LogP contribution in [-0.2, 0) is 20.1 Å². The van der Waals surface area contributed by atoms with E-state index in [2.05, 4.69) is 10.3 Å². The smallest absolute Gasteiger partial charge is 0.353 e. The summed E-state index contributed by atoms with van der Waals surface area (Å²) in [6.07, 6.45) is 0. The highest BCUT2D eigenvalue weighted by molar-refractivity contribution is 8.13. The van der Waals surface area contributed by atoms with Gasteiger partial charge in [0, 0.05) is 27.1 Å². The first-order chi connectivity index (χ1) is 16.7. The van der Waals surface area contributed by atoms with E-state index in [-0.39, 0.29) is 28.5 Å². The van der Waals surface area contributed by atoms with Gasteiger partial charge in [-0.2, -0.15) is 11.8 Å². The molecule has 1 aromatic carbocycles. The Morgan fingerprint density at radius 3 is 2.71 bits per heavy atom. The van der Waals surface area contributed by atoms with Crippen LogP contribution in [0.2, 0.25) is 0 Å². The molecule has 2 atom stereocenters. The van der Waals surface area contributed by atoms with Crippen molar-refractivity contribution in [3.8, 4) is 0 Å². The van der Waals surface area contributed by atoms with E-state index in [0.29, 0.717) is 28.7 Å². The number of hydrogen-bond donors (Lipinski definition) is 6. The van der Waals surface area contributed by atoms with Crippen molar-refractivity contribution in [1.82, 2.24) is 10.2 Å². The number of fused-ring (bicyclic) bond motifs is 1. The van der Waals surface area contributed by atoms with Crippen LogP contribution in [0.4, 0.5) is 0 Å². The largest absolute Gasteiger partial charge is 0.477 e. The molecule has 0 radical (unpaired) electrons. The maximum absolute atomic E-state index is 12.8. The predicted molar refractivity (Wildman–Crippen MR) is 143 cm³/mol. The zero-order valence-corrected chi connectivity index (χ0v) is 21.7. The third kappa shape index (κ3) is 7.02. The van der Waals surface area contributed by atoms with Gasteiger partial charge in [0.2, 0.25) is 5.91 Å². The minimum Gasteiger partial charge on any atom is -0.477 e. The molecule has 11 nitrogen and oxygen atoms in total. The first-order valence-corrected chi connectivity index (χ1v) is 14.3. The van der Waals surface area contributed by atoms with Crippen LogP contribution >= 0.6 is 47.0 Å². The van der Waals surface area contributed by atoms with Gasteiger partial charge in [0.1, 0.15) is 17.1 Å². The molecule has 9 N–H and O–H groups in total. The Hall–Kier alpha value is -2.49. The number of carbonyl (C=O) groups excluding carboxylic acids is 2. The number of carboxylic acids is 1. The monoisotopic (exact) mass is 555 g/mol. The van der Waals surface area contributed by atoms with Crippen molar-refractivity contribution in [2.45, 2.75) is 22.1 Å². The standard InChI is InChI=1S/C20H25N7O4S4/c21-19(22)25-5-6-32-9-13(28)26-14-16(29)27-15(18(30)31)12(8-33-17(14)27)35-11-4-2-1-3-10(11)7-34-20(23)24/h1-4,14,17H,5-9H2,(H3,23,24)(H,26,28)(H,30,31)(H4,21,22,25)/t14-,17-/m1/s1. The summed E-state index contributed by atoms with van der Waals surface area (Å²) >= 11 is 5.22. The molecule has 3 rings (SSSR count). The van der Waals surface area contributed by atoms with Crippen LogP contribution in [0.25, 0.3) is 0 Å². The van der Waals surface area contributed by atoms with Crippen LogP contribution in [-0.4, -0.2) is 74.1 Å². The van der Waals surface area contributed by atoms with Crippen molar-refractivity contribution in [2.75, 3.05) is 23.8 Å². The maximum Gasteiger partial charge on any atom is 0.353 e. The Morgan fingerprint density at radius 2 is 2.03 bits per heavy atom. The van der Waals surface area contributed by atoms with Gasteiger partial charge in [0.05, 0.1) is 12.3 Å². The second kappa shape index (κ2) is 12.5. The number of rotatable bonds is 11. The molecule has 35 heavy (non-hydrogen) atoms. The Morgan fingerprint density at radius 1 is 1.29 bits per heavy atom. The van der Waals surface area contributed by atoms with Crippen molar-refractivity contribution in [3.63, 3.8) is 0 Å². The van der Waals surface area contributed by atoms with Crippen LogP contribution in [0.1, 0.15) is 5.56 Å². The van der Waals surface area contributed by atoms with E-state index in [4.69, 9.17) is 22.6 Å². The lowest BCUT2D eigenvalue weighted by atomic mass is 10.1. The second-order valence-corrected chi connectivity index (χ2v) is 11.6. The van der Waals surface area contributed by atoms with E-state index < -0.39 is 23.3 Å². The number of carbonyl (C=O) groups is 3. The Balaban J connectivity index is 1.66. The number of aliphatic carboxylic acids is 1. The van der Waals surface area contributed by atoms with Gasteiger partial charge in [0.15, 0.2) is 11.1 Å². The highest BCUT2D eigenvalue weighted by Crippen LogP contribution is 2.45. The van der Waals surface area contributed by atoms with Gasteiger partial charge in [-0.1, -0.05) is 41.7 Å². The third-order valence-corrected chi connectivity index (χ3v) is 9.17. The molecule has 0 bridgehead atoms. The number of β-lactam (4-membered cyclic amide) rings is 1. The number of guanidine groups is 1. The Labute approximate surface area is 219 Å². The van der Waals surface area contributed by atoms with Crippen molar-refractivity contribution >= 4 is 76.0 Å². The van der Waals surface area contributed by atoms with Crippen LogP contribution in [0.5, 0.6) is 0 Å². The number of thioether (sulfide) groups is 4. The number of benzene rings is 1. The molecule has 0 aliphatic carbocycles. The van der Waals surface area contributed by atoms with Crippen molar-refractivity contribution in [1.29, 1.82) is 5.41 Å². The quantitative estimate of drug-likeness (QED) is 0.0966. The zero-order chi connectivity index (χ0) is 25.5. The summed E-state index contributed by atoms with van der Waals surface area (Å²) in [5, 5.41) is 19.6. The van der Waals surface area contributed by atoms with Crippen LogP contribution < -0.4 is 22.5 Å². The summed E-state index contributed by atoms with van der Waals surface area (Å²) in [7, 11) is 0. The molecule has 0 saturated carbocycles. The van der Waals surface area contributed by atoms with E-state index >= 15 is 0 Å². The molecule has 0 spiro atoms. The lowest BCUT2D eigenvalue weighted by Crippen LogP contribution is -2.70. The highest BCUT2D eigenvalue weighted by Gasteiger charge is 2.54. The molecule has 2 aliphatic heterocycles. The topological polar surface area (TPSA) is 201 Å². The first kappa shape index (κ1) is 27.1. The molecule has 0 unspecified atom stereocenters. The van der Waals surface area contributed by atoms with E-state index in [1.165, 1.54) is 51.9 Å². The van der Waals surface area contributed by atoms with Crippen LogP contribution in [0.3, 0.4) is 0 Å². The Bertz CT molecular complexity index is 1080. The fourth-order valence-electron chi connectivity index (χ4n) is 3.30. The summed E-state index contributed by atoms with van der Waals surface area (Å²) in [4.78, 5) is 43.7. The molecular weight excluding hydrogens is 531 g/mol. The third-order valence-electron chi connectivity index (χ3n) is 4.80. The number of nitrogens with one attached hydrogen (secondary N) is 2. The van der Waals surface area contributed by atoms with Crippen LogP contribution in [0, 0.1) is 5.41 Å². The lowest BCUT2D eigenvalue weighted by molar-refractivity contribution is -0.150. The van der Waals surface area contributed by atoms with Gasteiger partial charge in [0.25, 0.3) is 5.91 Å². The molecule has 1 fully saturated rings. The van der Waals surface area contributed by atoms with E-state index in [9.17, 15) is 19.5 Å². The second-order valence-electron chi connectivity index (χ2n) is 7.25. The fourth-order valence-corrected chi connectivity index (χ4v) is 7.19. The molecule has 2 heterocycles. The lowest BCUT2D eigenvalue weighted by Gasteiger charge is -2.49. The average Bonchev–Trinajstić information content (AvgIpc) is 2.81. The summed E-state index contributed by atoms with van der Waals surface area (Å²) in [6.45, 7) is 0.388. The summed E-state index contributed by atoms with van der Waals surface area (Å²) in [6, 6.07) is 6.71. The molecule has 2 amide bonds. The fraction of sp³-hybridized carbons (Fsp3) is 0.350. The molecule has 1 saturated heterocycles. The van der Waals surface area contributed by atoms with Gasteiger partial charge in [-0.15, -0.1) is 11.8 Å². The molecular formula is C20H25N7O4S4. The average molecular weight is 556 g/mol. The number of hydrogen-bond acceptors (Lipinski definition) is 9. The first-order valence-electron chi connectivity index (χ1n) is 10.2.